The van der Waals surface area contributed by atoms with Gasteiger partial charge in [-0.3, -0.25) is 0 Å². The van der Waals surface area contributed by atoms with Crippen molar-refractivity contribution in [1.29, 1.82) is 0 Å². The molecule has 0 aromatic heterocycles. The molecular formula is C22H51NSi2. The zero-order valence-corrected chi connectivity index (χ0v) is 22.0. The van der Waals surface area contributed by atoms with E-state index < -0.39 is 16.5 Å². The molecule has 0 rings (SSSR count). The summed E-state index contributed by atoms with van der Waals surface area (Å²) in [6.45, 7) is 34.3. The van der Waals surface area contributed by atoms with Crippen LogP contribution >= 0.6 is 0 Å². The molecule has 0 fully saturated rings. The quantitative estimate of drug-likeness (QED) is 0.322. The topological polar surface area (TPSA) is 3.24 Å². The third-order valence-electron chi connectivity index (χ3n) is 7.22. The molecule has 0 N–H and O–H groups in total. The Morgan fingerprint density at radius 1 is 0.520 bits per heavy atom. The van der Waals surface area contributed by atoms with Crippen molar-refractivity contribution in [3.8, 4) is 0 Å². The number of rotatable bonds is 11. The highest BCUT2D eigenvalue weighted by molar-refractivity contribution is 6.96. The fourth-order valence-corrected chi connectivity index (χ4v) is 27.1. The maximum absolute atomic E-state index is 3.31. The van der Waals surface area contributed by atoms with E-state index in [-0.39, 0.29) is 0 Å². The number of hydrogen-bond acceptors (Lipinski definition) is 1. The molecule has 1 nitrogen and oxygen atoms in total. The van der Waals surface area contributed by atoms with Crippen molar-refractivity contribution >= 4 is 16.5 Å². The first-order chi connectivity index (χ1) is 11.4. The van der Waals surface area contributed by atoms with Crippen LogP contribution in [0.4, 0.5) is 0 Å². The monoisotopic (exact) mass is 385 g/mol. The Kier molecular flexibility index (Phi) is 10.2. The molecule has 0 radical (unpaired) electrons. The Morgan fingerprint density at radius 3 is 0.920 bits per heavy atom. The van der Waals surface area contributed by atoms with Gasteiger partial charge >= 0.3 is 0 Å². The van der Waals surface area contributed by atoms with E-state index in [4.69, 9.17) is 0 Å². The Hall–Kier alpha value is 0.394. The van der Waals surface area contributed by atoms with Crippen LogP contribution in [0.15, 0.2) is 0 Å². The highest BCUT2D eigenvalue weighted by Gasteiger charge is 2.58. The Bertz CT molecular complexity index is 297. The zero-order valence-electron chi connectivity index (χ0n) is 20.0. The smallest absolute Gasteiger partial charge is 0.129 e. The molecule has 0 aromatic carbocycles. The molecule has 0 aliphatic rings. The minimum absolute atomic E-state index is 0.812. The molecule has 0 aliphatic carbocycles. The fraction of sp³-hybridized carbons (Fsp3) is 1.00. The first-order valence-corrected chi connectivity index (χ1v) is 15.5. The fourth-order valence-electron chi connectivity index (χ4n) is 6.91. The van der Waals surface area contributed by atoms with Crippen molar-refractivity contribution < 1.29 is 0 Å². The number of nitrogens with zero attached hydrogens (tertiary/aromatic N) is 1. The highest BCUT2D eigenvalue weighted by atomic mass is 28.4. The summed E-state index contributed by atoms with van der Waals surface area (Å²) in [5.74, 6) is 0. The Morgan fingerprint density at radius 2 is 0.760 bits per heavy atom. The molecule has 0 amide bonds. The molecule has 25 heavy (non-hydrogen) atoms. The van der Waals surface area contributed by atoms with E-state index in [9.17, 15) is 0 Å². The molecule has 0 bridgehead atoms. The third kappa shape index (κ3) is 4.46. The van der Waals surface area contributed by atoms with E-state index in [1.165, 1.54) is 19.4 Å². The summed E-state index contributed by atoms with van der Waals surface area (Å²) >= 11 is 0. The van der Waals surface area contributed by atoms with Gasteiger partial charge in [0.25, 0.3) is 0 Å². The summed E-state index contributed by atoms with van der Waals surface area (Å²) in [5.41, 5.74) is 4.87. The molecule has 0 atom stereocenters. The van der Waals surface area contributed by atoms with Crippen molar-refractivity contribution in [2.75, 3.05) is 6.54 Å². The van der Waals surface area contributed by atoms with Crippen LogP contribution in [0.2, 0.25) is 33.2 Å². The van der Waals surface area contributed by atoms with Gasteiger partial charge in [-0.15, -0.1) is 0 Å². The summed E-state index contributed by atoms with van der Waals surface area (Å²) in [6.07, 6.45) is 2.68. The second-order valence-corrected chi connectivity index (χ2v) is 22.2. The van der Waals surface area contributed by atoms with Crippen molar-refractivity contribution in [3.63, 3.8) is 0 Å². The molecule has 152 valence electrons. The Labute approximate surface area is 163 Å². The van der Waals surface area contributed by atoms with Crippen molar-refractivity contribution in [1.82, 2.24) is 4.23 Å². The van der Waals surface area contributed by atoms with Crippen LogP contribution in [0, 0.1) is 0 Å². The molecule has 0 unspecified atom stereocenters. The lowest BCUT2D eigenvalue weighted by Crippen LogP contribution is -2.73. The van der Waals surface area contributed by atoms with Gasteiger partial charge in [-0.25, -0.2) is 0 Å². The molecule has 0 heterocycles. The van der Waals surface area contributed by atoms with Crippen LogP contribution in [0.3, 0.4) is 0 Å². The van der Waals surface area contributed by atoms with E-state index in [2.05, 4.69) is 94.2 Å². The van der Waals surface area contributed by atoms with E-state index in [0.29, 0.717) is 0 Å². The van der Waals surface area contributed by atoms with E-state index in [1.807, 2.05) is 0 Å². The van der Waals surface area contributed by atoms with Crippen LogP contribution < -0.4 is 0 Å². The predicted octanol–water partition coefficient (Wildman–Crippen LogP) is 8.44. The van der Waals surface area contributed by atoms with Gasteiger partial charge < -0.3 is 4.23 Å². The van der Waals surface area contributed by atoms with Crippen LogP contribution in [0.5, 0.6) is 0 Å². The maximum Gasteiger partial charge on any atom is 0.129 e. The van der Waals surface area contributed by atoms with Crippen LogP contribution in [0.1, 0.15) is 103 Å². The molecule has 0 aromatic rings. The minimum Gasteiger partial charge on any atom is -0.344 e. The predicted molar refractivity (Wildman–Crippen MR) is 124 cm³/mol. The van der Waals surface area contributed by atoms with Gasteiger partial charge in [-0.2, -0.15) is 0 Å². The summed E-state index contributed by atoms with van der Waals surface area (Å²) in [6, 6.07) is 0. The van der Waals surface area contributed by atoms with Crippen LogP contribution in [0.25, 0.3) is 0 Å². The molecule has 3 heteroatoms. The molecular weight excluding hydrogens is 334 g/mol. The van der Waals surface area contributed by atoms with Gasteiger partial charge in [0.15, 0.2) is 0 Å². The van der Waals surface area contributed by atoms with Crippen molar-refractivity contribution in [2.24, 2.45) is 0 Å². The SMILES string of the molecule is CCCCN([Si](C(C)C)(C(C)C)C(C)C)[Si](C(C)C)(C(C)C)C(C)C. The maximum atomic E-state index is 3.31. The van der Waals surface area contributed by atoms with Gasteiger partial charge in [0.05, 0.1) is 0 Å². The lowest BCUT2D eigenvalue weighted by atomic mass is 10.3. The first-order valence-electron chi connectivity index (χ1n) is 11.1. The Balaban J connectivity index is 6.80. The van der Waals surface area contributed by atoms with Gasteiger partial charge in [-0.1, -0.05) is 96.4 Å². The van der Waals surface area contributed by atoms with Gasteiger partial charge in [0.2, 0.25) is 0 Å². The second kappa shape index (κ2) is 10.1. The summed E-state index contributed by atoms with van der Waals surface area (Å²) in [5, 5.41) is 0. The molecule has 0 spiro atoms. The van der Waals surface area contributed by atoms with Gasteiger partial charge in [0, 0.05) is 0 Å². The van der Waals surface area contributed by atoms with Crippen LogP contribution in [-0.4, -0.2) is 27.2 Å². The second-order valence-electron chi connectivity index (χ2n) is 10.2. The standard InChI is InChI=1S/C22H51NSi2/c1-14-15-16-23(24(17(2)3,18(4)5)19(6)7)25(20(8)9,21(10)11)22(12)13/h17-22H,14-16H2,1-13H3. The third-order valence-corrected chi connectivity index (χ3v) is 23.0. The number of unbranched alkanes of at least 4 members (excludes halogenated alkanes) is 1. The summed E-state index contributed by atoms with van der Waals surface area (Å²) in [4.78, 5) is 0. The lowest BCUT2D eigenvalue weighted by molar-refractivity contribution is 0.482. The molecule has 0 saturated carbocycles. The van der Waals surface area contributed by atoms with Crippen LogP contribution in [-0.2, 0) is 0 Å². The first kappa shape index (κ1) is 25.4. The normalized spacial score (nSPS) is 14.4. The van der Waals surface area contributed by atoms with Gasteiger partial charge in [0.1, 0.15) is 16.5 Å². The van der Waals surface area contributed by atoms with E-state index in [1.54, 1.807) is 0 Å². The van der Waals surface area contributed by atoms with Crippen molar-refractivity contribution in [3.05, 3.63) is 0 Å². The van der Waals surface area contributed by atoms with E-state index in [0.717, 1.165) is 33.2 Å². The minimum atomic E-state index is -1.62. The van der Waals surface area contributed by atoms with E-state index >= 15 is 0 Å². The average Bonchev–Trinajstić information content (AvgIpc) is 2.42. The van der Waals surface area contributed by atoms with Crippen molar-refractivity contribution in [2.45, 2.75) is 136 Å². The largest absolute Gasteiger partial charge is 0.344 e. The molecule has 0 aliphatic heterocycles. The number of hydrogen-bond donors (Lipinski definition) is 0. The zero-order chi connectivity index (χ0) is 20.2. The summed E-state index contributed by atoms with van der Waals surface area (Å²) < 4.78 is 3.31. The summed E-state index contributed by atoms with van der Waals surface area (Å²) in [7, 11) is -3.25. The van der Waals surface area contributed by atoms with Gasteiger partial charge in [-0.05, 0) is 46.2 Å². The average molecular weight is 386 g/mol. The lowest BCUT2D eigenvalue weighted by Gasteiger charge is -2.63. The highest BCUT2D eigenvalue weighted by Crippen LogP contribution is 2.53. The molecule has 0 saturated heterocycles.